The molecule has 2 aromatic carbocycles. The number of hydrogen-bond acceptors (Lipinski definition) is 4. The first kappa shape index (κ1) is 25.0. The molecule has 0 bridgehead atoms. The molecule has 178 valence electrons. The number of piperazine rings is 1. The molecular weight excluding hydrogens is 410 g/mol. The first-order valence-corrected chi connectivity index (χ1v) is 12.1. The summed E-state index contributed by atoms with van der Waals surface area (Å²) in [6, 6.07) is 17.4. The van der Waals surface area contributed by atoms with Crippen LogP contribution in [0.3, 0.4) is 0 Å². The van der Waals surface area contributed by atoms with E-state index in [-0.39, 0.29) is 11.9 Å². The third-order valence-corrected chi connectivity index (χ3v) is 6.79. The fraction of sp³-hybridized carbons (Fsp3) is 0.464. The largest absolute Gasteiger partial charge is 0.497 e. The summed E-state index contributed by atoms with van der Waals surface area (Å²) < 4.78 is 5.54. The maximum atomic E-state index is 12.8. The van der Waals surface area contributed by atoms with Crippen LogP contribution in [0.1, 0.15) is 55.2 Å². The summed E-state index contributed by atoms with van der Waals surface area (Å²) in [6.45, 7) is 16.8. The maximum absolute atomic E-state index is 12.8. The number of carbonyl (C=O) groups is 1. The van der Waals surface area contributed by atoms with E-state index in [2.05, 4.69) is 60.6 Å². The van der Waals surface area contributed by atoms with Gasteiger partial charge < -0.3 is 9.64 Å². The van der Waals surface area contributed by atoms with Crippen LogP contribution >= 0.6 is 0 Å². The van der Waals surface area contributed by atoms with Crippen molar-refractivity contribution in [2.75, 3.05) is 39.8 Å². The van der Waals surface area contributed by atoms with Crippen molar-refractivity contribution in [2.24, 2.45) is 0 Å². The number of methoxy groups -OCH3 is 1. The molecule has 2 aromatic rings. The Labute approximate surface area is 199 Å². The van der Waals surface area contributed by atoms with Gasteiger partial charge in [-0.15, -0.1) is 6.58 Å². The SMILES string of the molecule is C=CCN1C[C@H](C)N([C@H](c2ccc(C(=O)N(CC)CC)cc2)c2cccc(OC)c2)CC1C. The molecule has 0 aromatic heterocycles. The van der Waals surface area contributed by atoms with Crippen molar-refractivity contribution >= 4 is 5.91 Å². The van der Waals surface area contributed by atoms with E-state index in [9.17, 15) is 4.79 Å². The smallest absolute Gasteiger partial charge is 0.253 e. The highest BCUT2D eigenvalue weighted by Gasteiger charge is 2.34. The highest BCUT2D eigenvalue weighted by Crippen LogP contribution is 2.34. The molecule has 1 amide bonds. The molecule has 5 nitrogen and oxygen atoms in total. The van der Waals surface area contributed by atoms with Crippen molar-refractivity contribution in [3.8, 4) is 5.75 Å². The molecule has 1 aliphatic heterocycles. The van der Waals surface area contributed by atoms with Crippen LogP contribution in [-0.4, -0.2) is 72.5 Å². The lowest BCUT2D eigenvalue weighted by Gasteiger charge is -2.47. The molecular formula is C28H39N3O2. The van der Waals surface area contributed by atoms with Crippen molar-refractivity contribution < 1.29 is 9.53 Å². The van der Waals surface area contributed by atoms with Crippen molar-refractivity contribution in [2.45, 2.75) is 45.8 Å². The van der Waals surface area contributed by atoms with Gasteiger partial charge in [0.2, 0.25) is 0 Å². The number of ether oxygens (including phenoxy) is 1. The van der Waals surface area contributed by atoms with Crippen LogP contribution in [0.4, 0.5) is 0 Å². The predicted molar refractivity (Wildman–Crippen MR) is 136 cm³/mol. The van der Waals surface area contributed by atoms with E-state index in [1.807, 2.05) is 43.0 Å². The molecule has 5 heteroatoms. The van der Waals surface area contributed by atoms with Gasteiger partial charge in [0.1, 0.15) is 5.75 Å². The Morgan fingerprint density at radius 1 is 1.09 bits per heavy atom. The lowest BCUT2D eigenvalue weighted by atomic mass is 9.92. The molecule has 0 aliphatic carbocycles. The van der Waals surface area contributed by atoms with E-state index >= 15 is 0 Å². The van der Waals surface area contributed by atoms with Gasteiger partial charge in [-0.05, 0) is 63.1 Å². The van der Waals surface area contributed by atoms with Crippen LogP contribution in [0.25, 0.3) is 0 Å². The molecule has 1 heterocycles. The average molecular weight is 450 g/mol. The Morgan fingerprint density at radius 2 is 1.79 bits per heavy atom. The van der Waals surface area contributed by atoms with Gasteiger partial charge in [0.05, 0.1) is 13.2 Å². The summed E-state index contributed by atoms with van der Waals surface area (Å²) in [4.78, 5) is 19.8. The Kier molecular flexibility index (Phi) is 8.70. The van der Waals surface area contributed by atoms with Crippen LogP contribution in [0.5, 0.6) is 5.75 Å². The quantitative estimate of drug-likeness (QED) is 0.513. The number of hydrogen-bond donors (Lipinski definition) is 0. The van der Waals surface area contributed by atoms with Gasteiger partial charge >= 0.3 is 0 Å². The third kappa shape index (κ3) is 5.66. The van der Waals surface area contributed by atoms with Crippen molar-refractivity contribution in [1.82, 2.24) is 14.7 Å². The zero-order valence-electron chi connectivity index (χ0n) is 20.8. The first-order valence-electron chi connectivity index (χ1n) is 12.1. The number of carbonyl (C=O) groups excluding carboxylic acids is 1. The number of rotatable bonds is 9. The number of amides is 1. The van der Waals surface area contributed by atoms with E-state index in [1.165, 1.54) is 11.1 Å². The topological polar surface area (TPSA) is 36.0 Å². The first-order chi connectivity index (χ1) is 15.9. The monoisotopic (exact) mass is 449 g/mol. The summed E-state index contributed by atoms with van der Waals surface area (Å²) >= 11 is 0. The summed E-state index contributed by atoms with van der Waals surface area (Å²) in [7, 11) is 1.71. The van der Waals surface area contributed by atoms with Crippen LogP contribution in [0.2, 0.25) is 0 Å². The minimum absolute atomic E-state index is 0.0843. The Balaban J connectivity index is 1.98. The second-order valence-corrected chi connectivity index (χ2v) is 8.92. The van der Waals surface area contributed by atoms with Gasteiger partial charge in [0, 0.05) is 50.4 Å². The molecule has 1 unspecified atom stereocenters. The third-order valence-electron chi connectivity index (χ3n) is 6.79. The van der Waals surface area contributed by atoms with Crippen LogP contribution in [0, 0.1) is 0 Å². The molecule has 1 saturated heterocycles. The zero-order chi connectivity index (χ0) is 24.0. The van der Waals surface area contributed by atoms with E-state index in [0.29, 0.717) is 25.2 Å². The minimum Gasteiger partial charge on any atom is -0.497 e. The highest BCUT2D eigenvalue weighted by atomic mass is 16.5. The number of nitrogens with zero attached hydrogens (tertiary/aromatic N) is 3. The summed E-state index contributed by atoms with van der Waals surface area (Å²) in [5, 5.41) is 0. The van der Waals surface area contributed by atoms with Crippen molar-refractivity contribution in [3.63, 3.8) is 0 Å². The van der Waals surface area contributed by atoms with E-state index in [4.69, 9.17) is 4.74 Å². The predicted octanol–water partition coefficient (Wildman–Crippen LogP) is 4.85. The van der Waals surface area contributed by atoms with Crippen LogP contribution in [-0.2, 0) is 0 Å². The van der Waals surface area contributed by atoms with Gasteiger partial charge in [-0.25, -0.2) is 0 Å². The maximum Gasteiger partial charge on any atom is 0.253 e. The minimum atomic E-state index is 0.0843. The molecule has 3 rings (SSSR count). The normalized spacial score (nSPS) is 20.3. The summed E-state index contributed by atoms with van der Waals surface area (Å²) in [5.74, 6) is 0.946. The highest BCUT2D eigenvalue weighted by molar-refractivity contribution is 5.94. The van der Waals surface area contributed by atoms with Crippen molar-refractivity contribution in [3.05, 3.63) is 77.9 Å². The molecule has 0 spiro atoms. The second-order valence-electron chi connectivity index (χ2n) is 8.92. The molecule has 0 saturated carbocycles. The molecule has 0 N–H and O–H groups in total. The Bertz CT molecular complexity index is 923. The second kappa shape index (κ2) is 11.5. The fourth-order valence-corrected chi connectivity index (χ4v) is 4.89. The van der Waals surface area contributed by atoms with E-state index < -0.39 is 0 Å². The Hall–Kier alpha value is -2.63. The zero-order valence-corrected chi connectivity index (χ0v) is 20.8. The van der Waals surface area contributed by atoms with Gasteiger partial charge in [0.25, 0.3) is 5.91 Å². The molecule has 1 fully saturated rings. The average Bonchev–Trinajstić information content (AvgIpc) is 2.83. The van der Waals surface area contributed by atoms with E-state index in [0.717, 1.165) is 30.9 Å². The van der Waals surface area contributed by atoms with E-state index in [1.54, 1.807) is 7.11 Å². The number of benzene rings is 2. The van der Waals surface area contributed by atoms with Crippen LogP contribution < -0.4 is 4.74 Å². The molecule has 3 atom stereocenters. The lowest BCUT2D eigenvalue weighted by molar-refractivity contribution is 0.0306. The standard InChI is InChI=1S/C28H39N3O2/c1-7-17-30-19-22(5)31(20-21(30)4)27(25-11-10-12-26(18-25)33-6)23-13-15-24(16-14-23)28(32)29(8-2)9-3/h7,10-16,18,21-22,27H,1,8-9,17,19-20H2,2-6H3/t21?,22-,27+/m0/s1. The summed E-state index contributed by atoms with van der Waals surface area (Å²) in [6.07, 6.45) is 1.99. The Morgan fingerprint density at radius 3 is 2.39 bits per heavy atom. The van der Waals surface area contributed by atoms with Crippen LogP contribution in [0.15, 0.2) is 61.2 Å². The molecule has 0 radical (unpaired) electrons. The summed E-state index contributed by atoms with van der Waals surface area (Å²) in [5.41, 5.74) is 3.13. The molecule has 33 heavy (non-hydrogen) atoms. The molecule has 1 aliphatic rings. The van der Waals surface area contributed by atoms with Gasteiger partial charge in [-0.2, -0.15) is 0 Å². The van der Waals surface area contributed by atoms with Gasteiger partial charge in [0.15, 0.2) is 0 Å². The van der Waals surface area contributed by atoms with Gasteiger partial charge in [-0.3, -0.25) is 14.6 Å². The van der Waals surface area contributed by atoms with Gasteiger partial charge in [-0.1, -0.05) is 30.3 Å². The lowest BCUT2D eigenvalue weighted by Crippen LogP contribution is -2.57. The van der Waals surface area contributed by atoms with Crippen molar-refractivity contribution in [1.29, 1.82) is 0 Å². The fourth-order valence-electron chi connectivity index (χ4n) is 4.89.